The van der Waals surface area contributed by atoms with Crippen LogP contribution < -0.4 is 5.32 Å². The molecule has 0 radical (unpaired) electrons. The number of nitrogens with one attached hydrogen (secondary N) is 1. The Labute approximate surface area is 76.3 Å². The third kappa shape index (κ3) is 2.46. The lowest BCUT2D eigenvalue weighted by molar-refractivity contribution is 0.226. The quantitative estimate of drug-likeness (QED) is 0.684. The number of rotatable bonds is 4. The van der Waals surface area contributed by atoms with Crippen LogP contribution in [0, 0.1) is 5.92 Å². The van der Waals surface area contributed by atoms with Crippen molar-refractivity contribution in [2.75, 3.05) is 26.7 Å². The summed E-state index contributed by atoms with van der Waals surface area (Å²) in [7, 11) is 2.04. The fraction of sp³-hybridized carbons (Fsp3) is 1.00. The zero-order valence-corrected chi connectivity index (χ0v) is 8.64. The van der Waals surface area contributed by atoms with E-state index >= 15 is 0 Å². The molecule has 2 heteroatoms. The molecule has 72 valence electrons. The molecule has 0 aromatic rings. The van der Waals surface area contributed by atoms with Gasteiger partial charge in [0.25, 0.3) is 0 Å². The fourth-order valence-electron chi connectivity index (χ4n) is 2.07. The molecule has 2 nitrogen and oxygen atoms in total. The van der Waals surface area contributed by atoms with Crippen molar-refractivity contribution < 1.29 is 0 Å². The number of hydrogen-bond donors (Lipinski definition) is 1. The largest absolute Gasteiger partial charge is 0.318 e. The molecule has 1 rings (SSSR count). The normalized spacial score (nSPS) is 27.8. The van der Waals surface area contributed by atoms with Gasteiger partial charge >= 0.3 is 0 Å². The second-order valence-corrected chi connectivity index (χ2v) is 4.01. The zero-order valence-electron chi connectivity index (χ0n) is 8.64. The van der Waals surface area contributed by atoms with Gasteiger partial charge in [0.15, 0.2) is 0 Å². The predicted octanol–water partition coefficient (Wildman–Crippen LogP) is 1.33. The summed E-state index contributed by atoms with van der Waals surface area (Å²) in [5.41, 5.74) is 0. The van der Waals surface area contributed by atoms with Crippen molar-refractivity contribution in [3.8, 4) is 0 Å². The molecule has 12 heavy (non-hydrogen) atoms. The molecule has 2 unspecified atom stereocenters. The van der Waals surface area contributed by atoms with Gasteiger partial charge in [-0.05, 0) is 32.4 Å². The lowest BCUT2D eigenvalue weighted by Gasteiger charge is -2.26. The van der Waals surface area contributed by atoms with Crippen molar-refractivity contribution in [2.45, 2.75) is 32.7 Å². The van der Waals surface area contributed by atoms with Crippen LogP contribution in [0.4, 0.5) is 0 Å². The van der Waals surface area contributed by atoms with Crippen LogP contribution in [0.25, 0.3) is 0 Å². The van der Waals surface area contributed by atoms with E-state index in [4.69, 9.17) is 0 Å². The first-order chi connectivity index (χ1) is 5.77. The Morgan fingerprint density at radius 1 is 1.58 bits per heavy atom. The standard InChI is InChI=1S/C10H22N2/c1-4-10(7-11-3)12-6-5-9(2)8-12/h9-11H,4-8H2,1-3H3. The molecule has 1 aliphatic heterocycles. The molecule has 0 aliphatic carbocycles. The highest BCUT2D eigenvalue weighted by molar-refractivity contribution is 4.79. The average molecular weight is 170 g/mol. The molecule has 0 bridgehead atoms. The average Bonchev–Trinajstić information content (AvgIpc) is 2.47. The second kappa shape index (κ2) is 4.83. The Morgan fingerprint density at radius 2 is 2.33 bits per heavy atom. The van der Waals surface area contributed by atoms with Gasteiger partial charge in [-0.15, -0.1) is 0 Å². The Balaban J connectivity index is 2.33. The molecule has 1 saturated heterocycles. The van der Waals surface area contributed by atoms with Crippen molar-refractivity contribution in [1.82, 2.24) is 10.2 Å². The minimum atomic E-state index is 0.764. The first-order valence-electron chi connectivity index (χ1n) is 5.16. The number of likely N-dealkylation sites (N-methyl/N-ethyl adjacent to an activating group) is 1. The van der Waals surface area contributed by atoms with Gasteiger partial charge in [0, 0.05) is 19.1 Å². The van der Waals surface area contributed by atoms with Crippen LogP contribution in [0.3, 0.4) is 0 Å². The van der Waals surface area contributed by atoms with Crippen molar-refractivity contribution in [1.29, 1.82) is 0 Å². The number of nitrogens with zero attached hydrogens (tertiary/aromatic N) is 1. The van der Waals surface area contributed by atoms with Crippen LogP contribution in [-0.2, 0) is 0 Å². The summed E-state index contributed by atoms with van der Waals surface area (Å²) in [6, 6.07) is 0.764. The summed E-state index contributed by atoms with van der Waals surface area (Å²) in [4.78, 5) is 2.63. The number of hydrogen-bond acceptors (Lipinski definition) is 2. The predicted molar refractivity (Wildman–Crippen MR) is 53.4 cm³/mol. The van der Waals surface area contributed by atoms with Crippen LogP contribution in [0.2, 0.25) is 0 Å². The Hall–Kier alpha value is -0.0800. The molecule has 1 fully saturated rings. The Morgan fingerprint density at radius 3 is 2.75 bits per heavy atom. The van der Waals surface area contributed by atoms with Crippen LogP contribution in [0.1, 0.15) is 26.7 Å². The molecule has 2 atom stereocenters. The molecule has 0 aromatic carbocycles. The lowest BCUT2D eigenvalue weighted by Crippen LogP contribution is -2.39. The van der Waals surface area contributed by atoms with E-state index in [1.54, 1.807) is 0 Å². The molecule has 0 aromatic heterocycles. The molecule has 0 spiro atoms. The zero-order chi connectivity index (χ0) is 8.97. The second-order valence-electron chi connectivity index (χ2n) is 4.01. The maximum Gasteiger partial charge on any atom is 0.0218 e. The maximum atomic E-state index is 3.27. The highest BCUT2D eigenvalue weighted by Gasteiger charge is 2.23. The lowest BCUT2D eigenvalue weighted by atomic mass is 10.1. The first kappa shape index (κ1) is 10.0. The first-order valence-corrected chi connectivity index (χ1v) is 5.16. The summed E-state index contributed by atoms with van der Waals surface area (Å²) in [6.07, 6.45) is 2.66. The summed E-state index contributed by atoms with van der Waals surface area (Å²) >= 11 is 0. The molecule has 1 aliphatic rings. The van der Waals surface area contributed by atoms with Gasteiger partial charge in [0.1, 0.15) is 0 Å². The topological polar surface area (TPSA) is 15.3 Å². The van der Waals surface area contributed by atoms with Crippen LogP contribution >= 0.6 is 0 Å². The molecule has 1 heterocycles. The van der Waals surface area contributed by atoms with E-state index in [-0.39, 0.29) is 0 Å². The maximum absolute atomic E-state index is 3.27. The SMILES string of the molecule is CCC(CNC)N1CCC(C)C1. The van der Waals surface area contributed by atoms with Gasteiger partial charge in [-0.2, -0.15) is 0 Å². The fourth-order valence-corrected chi connectivity index (χ4v) is 2.07. The molecular formula is C10H22N2. The van der Waals surface area contributed by atoms with E-state index in [9.17, 15) is 0 Å². The minimum absolute atomic E-state index is 0.764. The number of likely N-dealkylation sites (tertiary alicyclic amines) is 1. The van der Waals surface area contributed by atoms with Crippen molar-refractivity contribution in [3.63, 3.8) is 0 Å². The summed E-state index contributed by atoms with van der Waals surface area (Å²) in [5.74, 6) is 0.913. The monoisotopic (exact) mass is 170 g/mol. The van der Waals surface area contributed by atoms with Crippen molar-refractivity contribution in [2.24, 2.45) is 5.92 Å². The third-order valence-electron chi connectivity index (χ3n) is 2.88. The van der Waals surface area contributed by atoms with Gasteiger partial charge in [0.2, 0.25) is 0 Å². The van der Waals surface area contributed by atoms with E-state index in [0.29, 0.717) is 0 Å². The van der Waals surface area contributed by atoms with E-state index in [2.05, 4.69) is 24.1 Å². The highest BCUT2D eigenvalue weighted by atomic mass is 15.2. The van der Waals surface area contributed by atoms with Gasteiger partial charge in [-0.3, -0.25) is 4.90 Å². The Kier molecular flexibility index (Phi) is 4.02. The van der Waals surface area contributed by atoms with Crippen molar-refractivity contribution in [3.05, 3.63) is 0 Å². The van der Waals surface area contributed by atoms with Gasteiger partial charge in [-0.25, -0.2) is 0 Å². The van der Waals surface area contributed by atoms with E-state index in [1.165, 1.54) is 25.9 Å². The van der Waals surface area contributed by atoms with Crippen LogP contribution in [0.5, 0.6) is 0 Å². The summed E-state index contributed by atoms with van der Waals surface area (Å²) in [5, 5.41) is 3.27. The molecular weight excluding hydrogens is 148 g/mol. The summed E-state index contributed by atoms with van der Waals surface area (Å²) < 4.78 is 0. The van der Waals surface area contributed by atoms with Gasteiger partial charge in [0.05, 0.1) is 0 Å². The van der Waals surface area contributed by atoms with E-state index < -0.39 is 0 Å². The summed E-state index contributed by atoms with van der Waals surface area (Å²) in [6.45, 7) is 8.39. The van der Waals surface area contributed by atoms with Gasteiger partial charge < -0.3 is 5.32 Å². The molecule has 0 saturated carbocycles. The van der Waals surface area contributed by atoms with Crippen LogP contribution in [-0.4, -0.2) is 37.6 Å². The van der Waals surface area contributed by atoms with E-state index in [1.807, 2.05) is 7.05 Å². The van der Waals surface area contributed by atoms with Gasteiger partial charge in [-0.1, -0.05) is 13.8 Å². The van der Waals surface area contributed by atoms with Crippen molar-refractivity contribution >= 4 is 0 Å². The minimum Gasteiger partial charge on any atom is -0.318 e. The van der Waals surface area contributed by atoms with E-state index in [0.717, 1.165) is 18.5 Å². The molecule has 0 amide bonds. The smallest absolute Gasteiger partial charge is 0.0218 e. The highest BCUT2D eigenvalue weighted by Crippen LogP contribution is 2.18. The molecule has 1 N–H and O–H groups in total. The Bertz CT molecular complexity index is 123. The third-order valence-corrected chi connectivity index (χ3v) is 2.88. The van der Waals surface area contributed by atoms with Crippen LogP contribution in [0.15, 0.2) is 0 Å².